The molecule has 2 heterocycles. The average molecular weight is 334 g/mol. The topological polar surface area (TPSA) is 89.3 Å². The number of thiophene rings is 1. The molecule has 122 valence electrons. The van der Waals surface area contributed by atoms with Crippen LogP contribution in [-0.4, -0.2) is 26.4 Å². The van der Waals surface area contributed by atoms with E-state index in [9.17, 15) is 19.5 Å². The van der Waals surface area contributed by atoms with Crippen molar-refractivity contribution in [3.8, 4) is 0 Å². The molecule has 0 aromatic carbocycles. The summed E-state index contributed by atoms with van der Waals surface area (Å²) in [6, 6.07) is 0. The van der Waals surface area contributed by atoms with Crippen LogP contribution in [0.15, 0.2) is 4.79 Å². The van der Waals surface area contributed by atoms with E-state index in [2.05, 4.69) is 4.98 Å². The Labute approximate surface area is 136 Å². The molecule has 1 atom stereocenters. The van der Waals surface area contributed by atoms with E-state index in [1.54, 1.807) is 0 Å². The summed E-state index contributed by atoms with van der Waals surface area (Å²) in [6.07, 6.45) is 2.67. The molecule has 1 aliphatic carbocycles. The molecule has 7 heteroatoms. The Balaban J connectivity index is 2.34. The molecule has 2 aromatic rings. The minimum atomic E-state index is -0.900. The Bertz CT molecular complexity index is 865. The van der Waals surface area contributed by atoms with Crippen LogP contribution in [0.25, 0.3) is 10.2 Å². The molecule has 2 aromatic heterocycles. The van der Waals surface area contributed by atoms with Crippen LogP contribution in [0.3, 0.4) is 0 Å². The maximum atomic E-state index is 12.9. The van der Waals surface area contributed by atoms with Gasteiger partial charge in [0, 0.05) is 11.3 Å². The minimum Gasteiger partial charge on any atom is -0.481 e. The number of carboxylic acid groups (broad SMARTS) is 1. The van der Waals surface area contributed by atoms with Crippen molar-refractivity contribution in [2.24, 2.45) is 0 Å². The third kappa shape index (κ3) is 2.59. The van der Waals surface area contributed by atoms with Crippen LogP contribution in [-0.2, 0) is 29.0 Å². The van der Waals surface area contributed by atoms with Gasteiger partial charge in [-0.15, -0.1) is 11.3 Å². The van der Waals surface area contributed by atoms with Crippen LogP contribution in [0, 0.1) is 0 Å². The molecule has 0 saturated carbocycles. The number of rotatable bonds is 4. The first kappa shape index (κ1) is 15.9. The molecule has 23 heavy (non-hydrogen) atoms. The second-order valence-electron chi connectivity index (χ2n) is 5.88. The highest BCUT2D eigenvalue weighted by molar-refractivity contribution is 7.18. The van der Waals surface area contributed by atoms with Crippen LogP contribution >= 0.6 is 11.3 Å². The number of Topliss-reactive ketones (excluding diaryl/α,β-unsaturated/α-hetero) is 1. The monoisotopic (exact) mass is 334 g/mol. The van der Waals surface area contributed by atoms with Gasteiger partial charge in [0.05, 0.1) is 17.8 Å². The number of carbonyl (C=O) groups excluding carboxylic acids is 1. The lowest BCUT2D eigenvalue weighted by molar-refractivity contribution is -0.139. The van der Waals surface area contributed by atoms with Gasteiger partial charge in [0.15, 0.2) is 0 Å². The average Bonchev–Trinajstić information content (AvgIpc) is 2.87. The Morgan fingerprint density at radius 2 is 2.17 bits per heavy atom. The van der Waals surface area contributed by atoms with Crippen molar-refractivity contribution < 1.29 is 14.7 Å². The van der Waals surface area contributed by atoms with E-state index in [0.29, 0.717) is 34.4 Å². The Morgan fingerprint density at radius 1 is 1.43 bits per heavy atom. The molecule has 0 fully saturated rings. The predicted octanol–water partition coefficient (Wildman–Crippen LogP) is 2.11. The maximum absolute atomic E-state index is 12.9. The number of nitrogens with zero attached hydrogens (tertiary/aromatic N) is 2. The van der Waals surface area contributed by atoms with Crippen LogP contribution in [0.1, 0.15) is 48.9 Å². The van der Waals surface area contributed by atoms with Gasteiger partial charge >= 0.3 is 5.97 Å². The molecular weight excluding hydrogens is 316 g/mol. The van der Waals surface area contributed by atoms with E-state index >= 15 is 0 Å². The highest BCUT2D eigenvalue weighted by atomic mass is 32.1. The van der Waals surface area contributed by atoms with Crippen molar-refractivity contribution in [2.75, 3.05) is 0 Å². The predicted molar refractivity (Wildman–Crippen MR) is 87.3 cm³/mol. The lowest BCUT2D eigenvalue weighted by atomic mass is 9.86. The molecule has 0 aliphatic heterocycles. The summed E-state index contributed by atoms with van der Waals surface area (Å²) >= 11 is 1.42. The number of carbonyl (C=O) groups is 2. The van der Waals surface area contributed by atoms with Gasteiger partial charge in [-0.05, 0) is 31.7 Å². The highest BCUT2D eigenvalue weighted by Gasteiger charge is 2.32. The van der Waals surface area contributed by atoms with Crippen molar-refractivity contribution in [1.82, 2.24) is 9.55 Å². The summed E-state index contributed by atoms with van der Waals surface area (Å²) in [5.74, 6) is -1.10. The lowest BCUT2D eigenvalue weighted by Crippen LogP contribution is -2.29. The van der Waals surface area contributed by atoms with Gasteiger partial charge in [-0.3, -0.25) is 19.0 Å². The van der Waals surface area contributed by atoms with Crippen molar-refractivity contribution >= 4 is 33.3 Å². The summed E-state index contributed by atoms with van der Waals surface area (Å²) in [5, 5.41) is 9.89. The second-order valence-corrected chi connectivity index (χ2v) is 6.96. The van der Waals surface area contributed by atoms with E-state index in [1.165, 1.54) is 22.8 Å². The fourth-order valence-electron chi connectivity index (χ4n) is 3.26. The van der Waals surface area contributed by atoms with Crippen molar-refractivity contribution in [3.05, 3.63) is 26.6 Å². The van der Waals surface area contributed by atoms with Crippen LogP contribution in [0.4, 0.5) is 0 Å². The molecule has 6 nitrogen and oxygen atoms in total. The van der Waals surface area contributed by atoms with Gasteiger partial charge < -0.3 is 5.11 Å². The fraction of sp³-hybridized carbons (Fsp3) is 0.500. The Morgan fingerprint density at radius 3 is 2.78 bits per heavy atom. The SMILES string of the molecule is CCc1nc2sc3c(c2c(=O)n1CC(C)=O)C(C(=O)O)CCC3. The molecular formula is C16H18N2O4S. The van der Waals surface area contributed by atoms with Crippen molar-refractivity contribution in [2.45, 2.75) is 52.0 Å². The van der Waals surface area contributed by atoms with Gasteiger partial charge in [0.1, 0.15) is 16.4 Å². The standard InChI is InChI=1S/C16H18N2O4S/c1-3-11-17-14-13(15(20)18(11)7-8(2)19)12-9(16(21)22)5-4-6-10(12)23-14/h9H,3-7H2,1-2H3,(H,21,22). The zero-order valence-corrected chi connectivity index (χ0v) is 13.9. The molecule has 1 N–H and O–H groups in total. The zero-order valence-electron chi connectivity index (χ0n) is 13.1. The number of fused-ring (bicyclic) bond motifs is 3. The fourth-order valence-corrected chi connectivity index (χ4v) is 4.54. The normalized spacial score (nSPS) is 17.2. The quantitative estimate of drug-likeness (QED) is 0.925. The second kappa shape index (κ2) is 5.88. The summed E-state index contributed by atoms with van der Waals surface area (Å²) in [6.45, 7) is 3.30. The van der Waals surface area contributed by atoms with Crippen LogP contribution in [0.5, 0.6) is 0 Å². The molecule has 1 aliphatic rings. The lowest BCUT2D eigenvalue weighted by Gasteiger charge is -2.19. The smallest absolute Gasteiger partial charge is 0.311 e. The number of hydrogen-bond donors (Lipinski definition) is 1. The number of ketones is 1. The number of hydrogen-bond acceptors (Lipinski definition) is 5. The van der Waals surface area contributed by atoms with Gasteiger partial charge in [0.2, 0.25) is 0 Å². The highest BCUT2D eigenvalue weighted by Crippen LogP contribution is 2.40. The molecule has 0 radical (unpaired) electrons. The number of aromatic nitrogens is 2. The third-order valence-electron chi connectivity index (χ3n) is 4.24. The van der Waals surface area contributed by atoms with Gasteiger partial charge in [-0.1, -0.05) is 6.92 Å². The van der Waals surface area contributed by atoms with Gasteiger partial charge in [-0.25, -0.2) is 4.98 Å². The molecule has 0 bridgehead atoms. The molecule has 0 spiro atoms. The Kier molecular flexibility index (Phi) is 4.06. The summed E-state index contributed by atoms with van der Waals surface area (Å²) in [4.78, 5) is 42.1. The largest absolute Gasteiger partial charge is 0.481 e. The molecule has 0 amide bonds. The third-order valence-corrected chi connectivity index (χ3v) is 5.40. The molecule has 1 unspecified atom stereocenters. The van der Waals surface area contributed by atoms with E-state index in [4.69, 9.17) is 0 Å². The van der Waals surface area contributed by atoms with Crippen LogP contribution in [0.2, 0.25) is 0 Å². The number of aryl methyl sites for hydroxylation is 2. The van der Waals surface area contributed by atoms with Gasteiger partial charge in [-0.2, -0.15) is 0 Å². The number of carboxylic acids is 1. The first-order valence-electron chi connectivity index (χ1n) is 7.71. The first-order chi connectivity index (χ1) is 10.9. The first-order valence-corrected chi connectivity index (χ1v) is 8.52. The van der Waals surface area contributed by atoms with E-state index in [1.807, 2.05) is 6.92 Å². The van der Waals surface area contributed by atoms with E-state index in [-0.39, 0.29) is 17.9 Å². The molecule has 3 rings (SSSR count). The summed E-state index contributed by atoms with van der Waals surface area (Å²) in [7, 11) is 0. The maximum Gasteiger partial charge on any atom is 0.311 e. The van der Waals surface area contributed by atoms with Gasteiger partial charge in [0.25, 0.3) is 5.56 Å². The van der Waals surface area contributed by atoms with Crippen LogP contribution < -0.4 is 5.56 Å². The number of aliphatic carboxylic acids is 1. The Hall–Kier alpha value is -2.02. The molecule has 0 saturated heterocycles. The summed E-state index contributed by atoms with van der Waals surface area (Å²) in [5.41, 5.74) is 0.342. The van der Waals surface area contributed by atoms with Crippen molar-refractivity contribution in [1.29, 1.82) is 0 Å². The zero-order chi connectivity index (χ0) is 16.7. The van der Waals surface area contributed by atoms with Crippen molar-refractivity contribution in [3.63, 3.8) is 0 Å². The summed E-state index contributed by atoms with van der Waals surface area (Å²) < 4.78 is 1.39. The minimum absolute atomic E-state index is 0.0205. The van der Waals surface area contributed by atoms with E-state index in [0.717, 1.165) is 17.7 Å². The van der Waals surface area contributed by atoms with E-state index < -0.39 is 11.9 Å².